The van der Waals surface area contributed by atoms with E-state index in [1.165, 1.54) is 0 Å². The van der Waals surface area contributed by atoms with Gasteiger partial charge in [-0.05, 0) is 7.05 Å². The van der Waals surface area contributed by atoms with Gasteiger partial charge in [0.15, 0.2) is 5.60 Å². The van der Waals surface area contributed by atoms with Crippen molar-refractivity contribution in [2.45, 2.75) is 18.9 Å². The van der Waals surface area contributed by atoms with E-state index in [-0.39, 0.29) is 5.92 Å². The van der Waals surface area contributed by atoms with Gasteiger partial charge in [0.1, 0.15) is 0 Å². The Morgan fingerprint density at radius 2 is 2.36 bits per heavy atom. The predicted octanol–water partition coefficient (Wildman–Crippen LogP) is 0.213. The second-order valence-electron chi connectivity index (χ2n) is 3.45. The highest BCUT2D eigenvalue weighted by Crippen LogP contribution is 2.25. The number of hydrogen-bond donors (Lipinski definition) is 1. The first-order valence-electron chi connectivity index (χ1n) is 3.90. The largest absolute Gasteiger partial charge is 0.375 e. The molecule has 0 aromatic rings. The lowest BCUT2D eigenvalue weighted by molar-refractivity contribution is -0.0141. The van der Waals surface area contributed by atoms with Crippen molar-refractivity contribution in [2.75, 3.05) is 20.1 Å². The quantitative estimate of drug-likeness (QED) is 0.507. The van der Waals surface area contributed by atoms with E-state index in [9.17, 15) is 5.11 Å². The molecule has 0 radical (unpaired) electrons. The van der Waals surface area contributed by atoms with Crippen LogP contribution in [0, 0.1) is 17.2 Å². The van der Waals surface area contributed by atoms with Crippen molar-refractivity contribution in [3.05, 3.63) is 0 Å². The first kappa shape index (κ1) is 8.51. The summed E-state index contributed by atoms with van der Waals surface area (Å²) >= 11 is 0. The van der Waals surface area contributed by atoms with Gasteiger partial charge in [-0.3, -0.25) is 0 Å². The fourth-order valence-electron chi connectivity index (χ4n) is 1.48. The molecule has 3 heteroatoms. The number of hydrogen-bond acceptors (Lipinski definition) is 3. The van der Waals surface area contributed by atoms with Crippen LogP contribution in [0.5, 0.6) is 0 Å². The summed E-state index contributed by atoms with van der Waals surface area (Å²) in [6.07, 6.45) is 0.571. The number of rotatable bonds is 0. The molecule has 1 saturated heterocycles. The maximum atomic E-state index is 9.68. The van der Waals surface area contributed by atoms with Gasteiger partial charge >= 0.3 is 0 Å². The predicted molar refractivity (Wildman–Crippen MR) is 41.8 cm³/mol. The monoisotopic (exact) mass is 154 g/mol. The third-order valence-corrected chi connectivity index (χ3v) is 2.47. The van der Waals surface area contributed by atoms with Crippen molar-refractivity contribution in [3.63, 3.8) is 0 Å². The molecule has 11 heavy (non-hydrogen) atoms. The van der Waals surface area contributed by atoms with Crippen LogP contribution in [0.1, 0.15) is 13.3 Å². The maximum Gasteiger partial charge on any atom is 0.156 e. The Morgan fingerprint density at radius 1 is 1.73 bits per heavy atom. The van der Waals surface area contributed by atoms with Gasteiger partial charge in [0.2, 0.25) is 0 Å². The third kappa shape index (κ3) is 1.52. The highest BCUT2D eigenvalue weighted by molar-refractivity contribution is 5.06. The van der Waals surface area contributed by atoms with E-state index in [0.717, 1.165) is 13.1 Å². The Morgan fingerprint density at radius 3 is 2.82 bits per heavy atom. The second-order valence-corrected chi connectivity index (χ2v) is 3.45. The van der Waals surface area contributed by atoms with Crippen LogP contribution in [-0.2, 0) is 0 Å². The maximum absolute atomic E-state index is 9.68. The minimum atomic E-state index is -1.08. The van der Waals surface area contributed by atoms with Crippen LogP contribution in [0.15, 0.2) is 0 Å². The fourth-order valence-corrected chi connectivity index (χ4v) is 1.48. The highest BCUT2D eigenvalue weighted by atomic mass is 16.3. The standard InChI is InChI=1S/C8H14N2O/c1-7-5-10(2)4-3-8(7,11)6-9/h7,11H,3-5H2,1-2H3/t7-,8+/m0/s1. The smallest absolute Gasteiger partial charge is 0.156 e. The molecule has 1 N–H and O–H groups in total. The third-order valence-electron chi connectivity index (χ3n) is 2.47. The lowest BCUT2D eigenvalue weighted by atomic mass is 9.84. The van der Waals surface area contributed by atoms with Crippen molar-refractivity contribution in [1.82, 2.24) is 4.90 Å². The molecule has 62 valence electrons. The average molecular weight is 154 g/mol. The number of likely N-dealkylation sites (tertiary alicyclic amines) is 1. The molecule has 1 aliphatic rings. The van der Waals surface area contributed by atoms with Crippen LogP contribution in [-0.4, -0.2) is 35.7 Å². The molecular formula is C8H14N2O. The van der Waals surface area contributed by atoms with Crippen molar-refractivity contribution in [2.24, 2.45) is 5.92 Å². The van der Waals surface area contributed by atoms with Gasteiger partial charge in [-0.15, -0.1) is 0 Å². The van der Waals surface area contributed by atoms with Gasteiger partial charge in [-0.1, -0.05) is 6.92 Å². The van der Waals surface area contributed by atoms with Gasteiger partial charge in [0.05, 0.1) is 6.07 Å². The summed E-state index contributed by atoms with van der Waals surface area (Å²) in [4.78, 5) is 2.14. The van der Waals surface area contributed by atoms with E-state index in [1.54, 1.807) is 0 Å². The summed E-state index contributed by atoms with van der Waals surface area (Å²) in [5.41, 5.74) is -1.08. The Balaban J connectivity index is 2.66. The van der Waals surface area contributed by atoms with E-state index in [4.69, 9.17) is 5.26 Å². The SMILES string of the molecule is C[C@H]1CN(C)CC[C@@]1(O)C#N. The number of nitrogens with zero attached hydrogens (tertiary/aromatic N) is 2. The van der Waals surface area contributed by atoms with Crippen LogP contribution in [0.2, 0.25) is 0 Å². The van der Waals surface area contributed by atoms with Gasteiger partial charge in [-0.2, -0.15) is 5.26 Å². The summed E-state index contributed by atoms with van der Waals surface area (Å²) < 4.78 is 0. The molecular weight excluding hydrogens is 140 g/mol. The highest BCUT2D eigenvalue weighted by Gasteiger charge is 2.37. The Kier molecular flexibility index (Phi) is 2.17. The van der Waals surface area contributed by atoms with Crippen LogP contribution in [0.25, 0.3) is 0 Å². The molecule has 1 aliphatic heterocycles. The summed E-state index contributed by atoms with van der Waals surface area (Å²) in [5, 5.41) is 18.4. The molecule has 0 aromatic heterocycles. The minimum absolute atomic E-state index is 0.0613. The molecule has 0 aliphatic carbocycles. The Hall–Kier alpha value is -0.590. The molecule has 0 saturated carbocycles. The topological polar surface area (TPSA) is 47.3 Å². The number of aliphatic hydroxyl groups is 1. The number of piperidine rings is 1. The molecule has 0 spiro atoms. The lowest BCUT2D eigenvalue weighted by Crippen LogP contribution is -2.48. The molecule has 0 unspecified atom stereocenters. The zero-order valence-corrected chi connectivity index (χ0v) is 7.04. The minimum Gasteiger partial charge on any atom is -0.375 e. The van der Waals surface area contributed by atoms with Crippen LogP contribution < -0.4 is 0 Å². The second kappa shape index (κ2) is 2.80. The van der Waals surface area contributed by atoms with E-state index in [1.807, 2.05) is 20.0 Å². The molecule has 1 fully saturated rings. The van der Waals surface area contributed by atoms with Gasteiger partial charge < -0.3 is 10.0 Å². The van der Waals surface area contributed by atoms with Crippen molar-refractivity contribution < 1.29 is 5.11 Å². The molecule has 1 rings (SSSR count). The zero-order valence-electron chi connectivity index (χ0n) is 7.04. The van der Waals surface area contributed by atoms with Crippen molar-refractivity contribution >= 4 is 0 Å². The van der Waals surface area contributed by atoms with E-state index in [0.29, 0.717) is 6.42 Å². The van der Waals surface area contributed by atoms with Crippen LogP contribution in [0.3, 0.4) is 0 Å². The van der Waals surface area contributed by atoms with E-state index < -0.39 is 5.60 Å². The van der Waals surface area contributed by atoms with Crippen LogP contribution >= 0.6 is 0 Å². The van der Waals surface area contributed by atoms with Gasteiger partial charge in [0, 0.05) is 25.4 Å². The average Bonchev–Trinajstić information content (AvgIpc) is 1.98. The van der Waals surface area contributed by atoms with Crippen LogP contribution in [0.4, 0.5) is 0 Å². The Labute approximate surface area is 67.2 Å². The summed E-state index contributed by atoms with van der Waals surface area (Å²) in [5.74, 6) is 0.0613. The normalized spacial score (nSPS) is 40.0. The van der Waals surface area contributed by atoms with Crippen molar-refractivity contribution in [1.29, 1.82) is 5.26 Å². The summed E-state index contributed by atoms with van der Waals surface area (Å²) in [6.45, 7) is 3.54. The van der Waals surface area contributed by atoms with Gasteiger partial charge in [-0.25, -0.2) is 0 Å². The van der Waals surface area contributed by atoms with Crippen molar-refractivity contribution in [3.8, 4) is 6.07 Å². The molecule has 1 heterocycles. The van der Waals surface area contributed by atoms with E-state index in [2.05, 4.69) is 4.90 Å². The molecule has 2 atom stereocenters. The Bertz CT molecular complexity index is 187. The number of nitriles is 1. The molecule has 0 bridgehead atoms. The molecule has 3 nitrogen and oxygen atoms in total. The summed E-state index contributed by atoms with van der Waals surface area (Å²) in [7, 11) is 2.01. The first-order chi connectivity index (χ1) is 5.08. The van der Waals surface area contributed by atoms with Gasteiger partial charge in [0.25, 0.3) is 0 Å². The van der Waals surface area contributed by atoms with E-state index >= 15 is 0 Å². The summed E-state index contributed by atoms with van der Waals surface area (Å²) in [6, 6.07) is 1.98. The lowest BCUT2D eigenvalue weighted by Gasteiger charge is -2.37. The molecule has 0 amide bonds. The fraction of sp³-hybridized carbons (Fsp3) is 0.875. The first-order valence-corrected chi connectivity index (χ1v) is 3.90. The molecule has 0 aromatic carbocycles. The zero-order chi connectivity index (χ0) is 8.48.